The number of aryl methyl sites for hydroxylation is 1. The van der Waals surface area contributed by atoms with Gasteiger partial charge in [0.05, 0.1) is 19.2 Å². The second-order valence-electron chi connectivity index (χ2n) is 6.55. The highest BCUT2D eigenvalue weighted by Crippen LogP contribution is 2.24. The molecule has 0 fully saturated rings. The van der Waals surface area contributed by atoms with Gasteiger partial charge >= 0.3 is 0 Å². The number of nitrogens with zero attached hydrogens (tertiary/aromatic N) is 3. The molecule has 0 saturated heterocycles. The molecule has 3 heterocycles. The lowest BCUT2D eigenvalue weighted by Gasteiger charge is -2.34. The first kappa shape index (κ1) is 16.8. The molecule has 2 aromatic rings. The highest BCUT2D eigenvalue weighted by atomic mass is 16.5. The number of ether oxygens (including phenoxy) is 1. The standard InChI is InChI=1S/C18H25N3O3/c1-14-6-7-17(24-14)11-20-9-15-5-4-8-21(15)16(10-20)12-23-13-18(22)19(2)3/h4-8,16H,9-13H2,1-3H3/t16-/m0/s1. The molecule has 1 atom stereocenters. The minimum absolute atomic E-state index is 0.0125. The maximum Gasteiger partial charge on any atom is 0.248 e. The Labute approximate surface area is 142 Å². The van der Waals surface area contributed by atoms with Crippen LogP contribution in [0.3, 0.4) is 0 Å². The van der Waals surface area contributed by atoms with Crippen molar-refractivity contribution in [2.75, 3.05) is 33.9 Å². The number of amides is 1. The van der Waals surface area contributed by atoms with E-state index in [-0.39, 0.29) is 18.6 Å². The van der Waals surface area contributed by atoms with Crippen LogP contribution in [0.5, 0.6) is 0 Å². The predicted molar refractivity (Wildman–Crippen MR) is 90.5 cm³/mol. The third kappa shape index (κ3) is 3.88. The van der Waals surface area contributed by atoms with E-state index in [0.29, 0.717) is 6.61 Å². The Balaban J connectivity index is 1.62. The third-order valence-corrected chi connectivity index (χ3v) is 4.32. The lowest BCUT2D eigenvalue weighted by Crippen LogP contribution is -2.39. The normalized spacial score (nSPS) is 17.7. The smallest absolute Gasteiger partial charge is 0.248 e. The summed E-state index contributed by atoms with van der Waals surface area (Å²) in [6.45, 7) is 5.15. The largest absolute Gasteiger partial charge is 0.465 e. The van der Waals surface area contributed by atoms with E-state index in [0.717, 1.165) is 31.2 Å². The molecule has 1 aliphatic rings. The molecule has 0 radical (unpaired) electrons. The van der Waals surface area contributed by atoms with Crippen LogP contribution in [-0.4, -0.2) is 54.1 Å². The first-order chi connectivity index (χ1) is 11.5. The summed E-state index contributed by atoms with van der Waals surface area (Å²) in [4.78, 5) is 15.6. The SMILES string of the molecule is Cc1ccc(CN2Cc3cccn3[C@H](COCC(=O)N(C)C)C2)o1. The van der Waals surface area contributed by atoms with Crippen molar-refractivity contribution in [3.05, 3.63) is 47.7 Å². The molecule has 6 nitrogen and oxygen atoms in total. The van der Waals surface area contributed by atoms with Crippen molar-refractivity contribution < 1.29 is 13.9 Å². The number of aromatic nitrogens is 1. The van der Waals surface area contributed by atoms with Gasteiger partial charge in [0.1, 0.15) is 18.1 Å². The van der Waals surface area contributed by atoms with E-state index in [9.17, 15) is 4.79 Å². The summed E-state index contributed by atoms with van der Waals surface area (Å²) in [6, 6.07) is 8.43. The van der Waals surface area contributed by atoms with Gasteiger partial charge in [0.15, 0.2) is 0 Å². The fourth-order valence-electron chi connectivity index (χ4n) is 3.05. The fourth-order valence-corrected chi connectivity index (χ4v) is 3.05. The topological polar surface area (TPSA) is 50.9 Å². The fraction of sp³-hybridized carbons (Fsp3) is 0.500. The van der Waals surface area contributed by atoms with Crippen molar-refractivity contribution in [1.82, 2.24) is 14.4 Å². The van der Waals surface area contributed by atoms with Gasteiger partial charge in [-0.05, 0) is 31.2 Å². The van der Waals surface area contributed by atoms with Crippen molar-refractivity contribution in [3.63, 3.8) is 0 Å². The zero-order valence-corrected chi connectivity index (χ0v) is 14.6. The third-order valence-electron chi connectivity index (χ3n) is 4.32. The number of furan rings is 1. The summed E-state index contributed by atoms with van der Waals surface area (Å²) in [6.07, 6.45) is 2.09. The second kappa shape index (κ2) is 7.23. The summed E-state index contributed by atoms with van der Waals surface area (Å²) in [5.41, 5.74) is 1.26. The minimum atomic E-state index is -0.0125. The number of carbonyl (C=O) groups is 1. The summed E-state index contributed by atoms with van der Waals surface area (Å²) in [5, 5.41) is 0. The minimum Gasteiger partial charge on any atom is -0.465 e. The van der Waals surface area contributed by atoms with Gasteiger partial charge < -0.3 is 18.6 Å². The Morgan fingerprint density at radius 3 is 2.92 bits per heavy atom. The molecule has 24 heavy (non-hydrogen) atoms. The summed E-state index contributed by atoms with van der Waals surface area (Å²) in [5.74, 6) is 1.91. The van der Waals surface area contributed by atoms with Crippen LogP contribution in [0.15, 0.2) is 34.9 Å². The average Bonchev–Trinajstić information content (AvgIpc) is 3.16. The van der Waals surface area contributed by atoms with Gasteiger partial charge in [0.25, 0.3) is 0 Å². The van der Waals surface area contributed by atoms with Gasteiger partial charge in [0.2, 0.25) is 5.91 Å². The average molecular weight is 331 g/mol. The van der Waals surface area contributed by atoms with Crippen molar-refractivity contribution >= 4 is 5.91 Å². The monoisotopic (exact) mass is 331 g/mol. The summed E-state index contributed by atoms with van der Waals surface area (Å²) in [7, 11) is 3.48. The molecule has 0 N–H and O–H groups in total. The van der Waals surface area contributed by atoms with Crippen LogP contribution in [-0.2, 0) is 22.6 Å². The van der Waals surface area contributed by atoms with Gasteiger partial charge in [-0.25, -0.2) is 0 Å². The number of fused-ring (bicyclic) bond motifs is 1. The van der Waals surface area contributed by atoms with Gasteiger partial charge in [-0.15, -0.1) is 0 Å². The van der Waals surface area contributed by atoms with E-state index in [2.05, 4.69) is 27.8 Å². The Bertz CT molecular complexity index is 689. The lowest BCUT2D eigenvalue weighted by molar-refractivity contribution is -0.134. The highest BCUT2D eigenvalue weighted by Gasteiger charge is 2.25. The van der Waals surface area contributed by atoms with Gasteiger partial charge in [-0.3, -0.25) is 9.69 Å². The van der Waals surface area contributed by atoms with E-state index < -0.39 is 0 Å². The Morgan fingerprint density at radius 1 is 1.38 bits per heavy atom. The van der Waals surface area contributed by atoms with Crippen LogP contribution in [0.4, 0.5) is 0 Å². The van der Waals surface area contributed by atoms with E-state index in [1.807, 2.05) is 19.1 Å². The summed E-state index contributed by atoms with van der Waals surface area (Å²) >= 11 is 0. The second-order valence-corrected chi connectivity index (χ2v) is 6.55. The van der Waals surface area contributed by atoms with Crippen LogP contribution in [0.25, 0.3) is 0 Å². The van der Waals surface area contributed by atoms with Crippen molar-refractivity contribution in [2.24, 2.45) is 0 Å². The Hall–Kier alpha value is -2.05. The summed E-state index contributed by atoms with van der Waals surface area (Å²) < 4.78 is 13.6. The first-order valence-corrected chi connectivity index (χ1v) is 8.24. The quantitative estimate of drug-likeness (QED) is 0.813. The molecular formula is C18H25N3O3. The molecule has 1 aliphatic heterocycles. The van der Waals surface area contributed by atoms with E-state index in [1.165, 1.54) is 5.69 Å². The molecule has 3 rings (SSSR count). The van der Waals surface area contributed by atoms with Gasteiger partial charge in [-0.1, -0.05) is 0 Å². The van der Waals surface area contributed by atoms with Crippen molar-refractivity contribution in [2.45, 2.75) is 26.1 Å². The van der Waals surface area contributed by atoms with Crippen LogP contribution in [0, 0.1) is 6.92 Å². The van der Waals surface area contributed by atoms with Crippen molar-refractivity contribution in [3.8, 4) is 0 Å². The first-order valence-electron chi connectivity index (χ1n) is 8.24. The molecule has 0 unspecified atom stereocenters. The molecule has 2 aromatic heterocycles. The number of rotatable bonds is 6. The molecule has 0 aromatic carbocycles. The maximum absolute atomic E-state index is 11.7. The van der Waals surface area contributed by atoms with Crippen LogP contribution >= 0.6 is 0 Å². The van der Waals surface area contributed by atoms with Gasteiger partial charge in [0, 0.05) is 39.1 Å². The number of carbonyl (C=O) groups excluding carboxylic acids is 1. The van der Waals surface area contributed by atoms with Crippen molar-refractivity contribution in [1.29, 1.82) is 0 Å². The van der Waals surface area contributed by atoms with E-state index in [4.69, 9.17) is 9.15 Å². The molecule has 0 saturated carbocycles. The Kier molecular flexibility index (Phi) is 5.06. The van der Waals surface area contributed by atoms with Crippen LogP contribution < -0.4 is 0 Å². The van der Waals surface area contributed by atoms with E-state index in [1.54, 1.807) is 19.0 Å². The number of likely N-dealkylation sites (N-methyl/N-ethyl adjacent to an activating group) is 1. The maximum atomic E-state index is 11.7. The molecule has 1 amide bonds. The zero-order valence-electron chi connectivity index (χ0n) is 14.6. The zero-order chi connectivity index (χ0) is 17.1. The molecule has 6 heteroatoms. The van der Waals surface area contributed by atoms with Crippen LogP contribution in [0.2, 0.25) is 0 Å². The van der Waals surface area contributed by atoms with E-state index >= 15 is 0 Å². The predicted octanol–water partition coefficient (Wildman–Crippen LogP) is 2.05. The van der Waals surface area contributed by atoms with Crippen LogP contribution in [0.1, 0.15) is 23.3 Å². The molecule has 0 aliphatic carbocycles. The highest BCUT2D eigenvalue weighted by molar-refractivity contribution is 5.76. The lowest BCUT2D eigenvalue weighted by atomic mass is 10.2. The molecule has 0 bridgehead atoms. The number of hydrogen-bond acceptors (Lipinski definition) is 4. The molecular weight excluding hydrogens is 306 g/mol. The number of hydrogen-bond donors (Lipinski definition) is 0. The molecule has 0 spiro atoms. The van der Waals surface area contributed by atoms with Gasteiger partial charge in [-0.2, -0.15) is 0 Å². The Morgan fingerprint density at radius 2 is 2.21 bits per heavy atom. The molecule has 130 valence electrons.